The number of aromatic nitrogens is 1. The Balaban J connectivity index is 2.17. The molecule has 1 atom stereocenters. The molecule has 0 aliphatic rings. The first kappa shape index (κ1) is 19.3. The molecule has 8 heteroatoms. The van der Waals surface area contributed by atoms with Crippen LogP contribution in [-0.4, -0.2) is 47.1 Å². The maximum atomic E-state index is 12.5. The van der Waals surface area contributed by atoms with Crippen LogP contribution in [0.25, 0.3) is 10.6 Å². The second-order valence-corrected chi connectivity index (χ2v) is 7.29. The number of carbonyl (C=O) groups excluding carboxylic acids is 1. The van der Waals surface area contributed by atoms with Gasteiger partial charge in [0.15, 0.2) is 0 Å². The van der Waals surface area contributed by atoms with Crippen molar-refractivity contribution in [3.63, 3.8) is 0 Å². The molecular formula is C17H20N2O4S2. The Kier molecular flexibility index (Phi) is 6.83. The molecule has 134 valence electrons. The number of nitrogens with zero attached hydrogens (tertiary/aromatic N) is 1. The first-order valence-electron chi connectivity index (χ1n) is 7.60. The Hall–Kier alpha value is -2.06. The molecule has 0 fully saturated rings. The molecule has 2 rings (SSSR count). The largest absolute Gasteiger partial charge is 0.497 e. The van der Waals surface area contributed by atoms with Gasteiger partial charge in [0.1, 0.15) is 21.7 Å². The van der Waals surface area contributed by atoms with E-state index in [1.54, 1.807) is 25.8 Å². The molecule has 1 heterocycles. The molecule has 0 aliphatic heterocycles. The summed E-state index contributed by atoms with van der Waals surface area (Å²) in [6.07, 6.45) is 2.28. The van der Waals surface area contributed by atoms with Gasteiger partial charge in [-0.3, -0.25) is 4.79 Å². The summed E-state index contributed by atoms with van der Waals surface area (Å²) in [5.41, 5.74) is 1.47. The van der Waals surface area contributed by atoms with E-state index >= 15 is 0 Å². The molecule has 2 N–H and O–H groups in total. The van der Waals surface area contributed by atoms with Gasteiger partial charge in [0, 0.05) is 5.56 Å². The summed E-state index contributed by atoms with van der Waals surface area (Å²) >= 11 is 2.79. The SMILES string of the molecule is COc1ccc(-c2nc(C)c(C(=O)NC(CCSC)C(=O)O)s2)cc1. The second kappa shape index (κ2) is 8.87. The minimum absolute atomic E-state index is 0.380. The highest BCUT2D eigenvalue weighted by Crippen LogP contribution is 2.29. The lowest BCUT2D eigenvalue weighted by molar-refractivity contribution is -0.139. The standard InChI is InChI=1S/C17H20N2O4S2/c1-10-14(15(20)19-13(17(21)22)8-9-24-3)25-16(18-10)11-4-6-12(23-2)7-5-11/h4-7,13H,8-9H2,1-3H3,(H,19,20)(H,21,22). The highest BCUT2D eigenvalue weighted by atomic mass is 32.2. The first-order chi connectivity index (χ1) is 12.0. The van der Waals surface area contributed by atoms with Crippen molar-refractivity contribution in [3.8, 4) is 16.3 Å². The zero-order valence-electron chi connectivity index (χ0n) is 14.2. The molecule has 2 aromatic rings. The number of hydrogen-bond acceptors (Lipinski definition) is 6. The molecule has 1 unspecified atom stereocenters. The highest BCUT2D eigenvalue weighted by Gasteiger charge is 2.23. The number of ether oxygens (including phenoxy) is 1. The van der Waals surface area contributed by atoms with Gasteiger partial charge in [-0.25, -0.2) is 9.78 Å². The molecule has 0 spiro atoms. The van der Waals surface area contributed by atoms with E-state index in [1.165, 1.54) is 11.3 Å². The van der Waals surface area contributed by atoms with Crippen molar-refractivity contribution in [2.24, 2.45) is 0 Å². The van der Waals surface area contributed by atoms with E-state index in [2.05, 4.69) is 10.3 Å². The van der Waals surface area contributed by atoms with Crippen molar-refractivity contribution in [3.05, 3.63) is 34.8 Å². The van der Waals surface area contributed by atoms with Crippen molar-refractivity contribution in [2.45, 2.75) is 19.4 Å². The van der Waals surface area contributed by atoms with Crippen molar-refractivity contribution >= 4 is 35.0 Å². The van der Waals surface area contributed by atoms with Gasteiger partial charge in [-0.05, 0) is 49.6 Å². The molecule has 1 aromatic carbocycles. The number of amides is 1. The number of rotatable bonds is 8. The Morgan fingerprint density at radius 3 is 2.60 bits per heavy atom. The van der Waals surface area contributed by atoms with Crippen LogP contribution in [-0.2, 0) is 4.79 Å². The molecule has 1 amide bonds. The van der Waals surface area contributed by atoms with Gasteiger partial charge in [-0.2, -0.15) is 11.8 Å². The van der Waals surface area contributed by atoms with Crippen LogP contribution in [0, 0.1) is 6.92 Å². The van der Waals surface area contributed by atoms with Gasteiger partial charge >= 0.3 is 5.97 Å². The minimum Gasteiger partial charge on any atom is -0.497 e. The molecule has 0 saturated heterocycles. The highest BCUT2D eigenvalue weighted by molar-refractivity contribution is 7.98. The molecule has 6 nitrogen and oxygen atoms in total. The van der Waals surface area contributed by atoms with Crippen LogP contribution in [0.5, 0.6) is 5.75 Å². The maximum Gasteiger partial charge on any atom is 0.326 e. The number of nitrogens with one attached hydrogen (secondary N) is 1. The van der Waals surface area contributed by atoms with Crippen LogP contribution in [0.4, 0.5) is 0 Å². The number of carbonyl (C=O) groups is 2. The quantitative estimate of drug-likeness (QED) is 0.732. The van der Waals surface area contributed by atoms with E-state index in [4.69, 9.17) is 4.74 Å². The lowest BCUT2D eigenvalue weighted by Gasteiger charge is -2.13. The van der Waals surface area contributed by atoms with E-state index < -0.39 is 17.9 Å². The van der Waals surface area contributed by atoms with Gasteiger partial charge in [0.05, 0.1) is 12.8 Å². The number of thiazole rings is 1. The number of methoxy groups -OCH3 is 1. The molecule has 0 bridgehead atoms. The zero-order valence-corrected chi connectivity index (χ0v) is 15.9. The Morgan fingerprint density at radius 1 is 1.36 bits per heavy atom. The van der Waals surface area contributed by atoms with Crippen LogP contribution < -0.4 is 10.1 Å². The van der Waals surface area contributed by atoms with E-state index in [-0.39, 0.29) is 0 Å². The van der Waals surface area contributed by atoms with Gasteiger partial charge < -0.3 is 15.2 Å². The fourth-order valence-electron chi connectivity index (χ4n) is 2.18. The minimum atomic E-state index is -1.03. The smallest absolute Gasteiger partial charge is 0.326 e. The molecule has 25 heavy (non-hydrogen) atoms. The maximum absolute atomic E-state index is 12.5. The number of hydrogen-bond donors (Lipinski definition) is 2. The Morgan fingerprint density at radius 2 is 2.04 bits per heavy atom. The predicted octanol–water partition coefficient (Wildman–Crippen LogP) is 3.06. The molecule has 0 saturated carbocycles. The van der Waals surface area contributed by atoms with Crippen LogP contribution in [0.2, 0.25) is 0 Å². The van der Waals surface area contributed by atoms with E-state index in [0.717, 1.165) is 11.3 Å². The summed E-state index contributed by atoms with van der Waals surface area (Å²) in [5.74, 6) is -0.0213. The summed E-state index contributed by atoms with van der Waals surface area (Å²) in [6, 6.07) is 6.50. The summed E-state index contributed by atoms with van der Waals surface area (Å²) in [4.78, 5) is 28.6. The monoisotopic (exact) mass is 380 g/mol. The topological polar surface area (TPSA) is 88.5 Å². The zero-order chi connectivity index (χ0) is 18.4. The molecule has 1 aromatic heterocycles. The average molecular weight is 380 g/mol. The third kappa shape index (κ3) is 4.96. The van der Waals surface area contributed by atoms with Crippen molar-refractivity contribution < 1.29 is 19.4 Å². The first-order valence-corrected chi connectivity index (χ1v) is 9.81. The average Bonchev–Trinajstić information content (AvgIpc) is 3.00. The summed E-state index contributed by atoms with van der Waals surface area (Å²) in [7, 11) is 1.60. The summed E-state index contributed by atoms with van der Waals surface area (Å²) < 4.78 is 5.13. The van der Waals surface area contributed by atoms with E-state index in [9.17, 15) is 14.7 Å². The van der Waals surface area contributed by atoms with Crippen molar-refractivity contribution in [1.29, 1.82) is 0 Å². The third-order valence-electron chi connectivity index (χ3n) is 3.55. The number of thioether (sulfide) groups is 1. The molecule has 0 aliphatic carbocycles. The lowest BCUT2D eigenvalue weighted by atomic mass is 10.2. The van der Waals surface area contributed by atoms with Crippen LogP contribution in [0.3, 0.4) is 0 Å². The number of carboxylic acids is 1. The molecule has 0 radical (unpaired) electrons. The van der Waals surface area contributed by atoms with Gasteiger partial charge in [0.25, 0.3) is 5.91 Å². The third-order valence-corrected chi connectivity index (χ3v) is 5.40. The summed E-state index contributed by atoms with van der Waals surface area (Å²) in [5, 5.41) is 12.5. The number of aliphatic carboxylic acids is 1. The van der Waals surface area contributed by atoms with E-state index in [1.807, 2.05) is 30.5 Å². The van der Waals surface area contributed by atoms with Crippen molar-refractivity contribution in [1.82, 2.24) is 10.3 Å². The normalized spacial score (nSPS) is 11.8. The van der Waals surface area contributed by atoms with Crippen LogP contribution >= 0.6 is 23.1 Å². The van der Waals surface area contributed by atoms with Crippen molar-refractivity contribution in [2.75, 3.05) is 19.1 Å². The fraction of sp³-hybridized carbons (Fsp3) is 0.353. The second-order valence-electron chi connectivity index (χ2n) is 5.31. The number of carboxylic acid groups (broad SMARTS) is 1. The van der Waals surface area contributed by atoms with Gasteiger partial charge in [-0.1, -0.05) is 0 Å². The van der Waals surface area contributed by atoms with Gasteiger partial charge in [-0.15, -0.1) is 11.3 Å². The Labute approximate surface area is 154 Å². The number of aryl methyl sites for hydroxylation is 1. The molecular weight excluding hydrogens is 360 g/mol. The summed E-state index contributed by atoms with van der Waals surface area (Å²) in [6.45, 7) is 1.75. The lowest BCUT2D eigenvalue weighted by Crippen LogP contribution is -2.41. The van der Waals surface area contributed by atoms with Gasteiger partial charge in [0.2, 0.25) is 0 Å². The van der Waals surface area contributed by atoms with Crippen LogP contribution in [0.1, 0.15) is 21.8 Å². The number of benzene rings is 1. The Bertz CT molecular complexity index is 744. The fourth-order valence-corrected chi connectivity index (χ4v) is 3.63. The van der Waals surface area contributed by atoms with Crippen LogP contribution in [0.15, 0.2) is 24.3 Å². The van der Waals surface area contributed by atoms with E-state index in [0.29, 0.717) is 27.8 Å². The predicted molar refractivity (Wildman–Crippen MR) is 101 cm³/mol.